The molecule has 3 aromatic rings. The highest BCUT2D eigenvalue weighted by molar-refractivity contribution is 7.98. The van der Waals surface area contributed by atoms with Crippen LogP contribution in [0, 0.1) is 6.92 Å². The van der Waals surface area contributed by atoms with Gasteiger partial charge < -0.3 is 15.1 Å². The Bertz CT molecular complexity index is 1020. The third-order valence-electron chi connectivity index (χ3n) is 4.16. The number of nitrogens with one attached hydrogen (secondary N) is 2. The van der Waals surface area contributed by atoms with E-state index in [-0.39, 0.29) is 23.5 Å². The van der Waals surface area contributed by atoms with Gasteiger partial charge in [0, 0.05) is 17.3 Å². The first-order chi connectivity index (χ1) is 13.9. The van der Waals surface area contributed by atoms with Gasteiger partial charge in [-0.2, -0.15) is 0 Å². The van der Waals surface area contributed by atoms with Crippen LogP contribution in [-0.2, 0) is 0 Å². The van der Waals surface area contributed by atoms with E-state index in [0.29, 0.717) is 27.7 Å². The maximum atomic E-state index is 12.8. The van der Waals surface area contributed by atoms with Crippen molar-refractivity contribution in [3.05, 3.63) is 65.5 Å². The number of carbonyl (C=O) groups is 2. The van der Waals surface area contributed by atoms with E-state index in [1.165, 1.54) is 18.0 Å². The molecule has 1 aromatic carbocycles. The molecule has 0 aliphatic carbocycles. The van der Waals surface area contributed by atoms with Crippen molar-refractivity contribution < 1.29 is 14.0 Å². The van der Waals surface area contributed by atoms with Gasteiger partial charge in [0.2, 0.25) is 0 Å². The topological polar surface area (TPSA) is 97.1 Å². The van der Waals surface area contributed by atoms with E-state index in [1.54, 1.807) is 36.4 Å². The van der Waals surface area contributed by atoms with Gasteiger partial charge in [-0.15, -0.1) is 11.8 Å². The number of aryl methyl sites for hydroxylation is 1. The third-order valence-corrected chi connectivity index (χ3v) is 4.84. The molecule has 7 nitrogen and oxygen atoms in total. The Kier molecular flexibility index (Phi) is 6.33. The first-order valence-corrected chi connectivity index (χ1v) is 10.3. The van der Waals surface area contributed by atoms with Crippen molar-refractivity contribution in [2.24, 2.45) is 0 Å². The largest absolute Gasteiger partial charge is 0.459 e. The number of amides is 2. The van der Waals surface area contributed by atoms with Gasteiger partial charge >= 0.3 is 0 Å². The van der Waals surface area contributed by atoms with E-state index in [9.17, 15) is 9.59 Å². The van der Waals surface area contributed by atoms with E-state index in [0.717, 1.165) is 5.82 Å². The first-order valence-electron chi connectivity index (χ1n) is 9.07. The van der Waals surface area contributed by atoms with Crippen LogP contribution < -0.4 is 10.6 Å². The number of hydrogen-bond donors (Lipinski definition) is 2. The van der Waals surface area contributed by atoms with Crippen LogP contribution >= 0.6 is 11.8 Å². The highest BCUT2D eigenvalue weighted by atomic mass is 32.2. The maximum absolute atomic E-state index is 12.8. The number of benzene rings is 1. The average Bonchev–Trinajstić information content (AvgIpc) is 3.23. The number of aromatic nitrogens is 2. The van der Waals surface area contributed by atoms with Gasteiger partial charge in [-0.25, -0.2) is 9.97 Å². The van der Waals surface area contributed by atoms with Gasteiger partial charge in [0.05, 0.1) is 17.5 Å². The highest BCUT2D eigenvalue weighted by Crippen LogP contribution is 2.24. The molecule has 0 radical (unpaired) electrons. The first kappa shape index (κ1) is 20.6. The lowest BCUT2D eigenvalue weighted by atomic mass is 10.1. The quantitative estimate of drug-likeness (QED) is 0.450. The number of nitrogens with zero attached hydrogens (tertiary/aromatic N) is 2. The molecule has 0 aliphatic heterocycles. The van der Waals surface area contributed by atoms with Crippen LogP contribution in [0.15, 0.2) is 52.1 Å². The Morgan fingerprint density at radius 1 is 1.00 bits per heavy atom. The molecule has 29 heavy (non-hydrogen) atoms. The summed E-state index contributed by atoms with van der Waals surface area (Å²) in [4.78, 5) is 33.8. The predicted molar refractivity (Wildman–Crippen MR) is 114 cm³/mol. The summed E-state index contributed by atoms with van der Waals surface area (Å²) in [6.45, 7) is 5.85. The van der Waals surface area contributed by atoms with Crippen LogP contribution in [0.3, 0.4) is 0 Å². The molecule has 150 valence electrons. The van der Waals surface area contributed by atoms with Gasteiger partial charge in [0.15, 0.2) is 5.76 Å². The van der Waals surface area contributed by atoms with Crippen molar-refractivity contribution in [1.29, 1.82) is 0 Å². The molecule has 2 aromatic heterocycles. The van der Waals surface area contributed by atoms with Crippen molar-refractivity contribution in [3.63, 3.8) is 0 Å². The van der Waals surface area contributed by atoms with Crippen LogP contribution in [0.5, 0.6) is 0 Å². The van der Waals surface area contributed by atoms with Crippen LogP contribution in [0.1, 0.15) is 52.2 Å². The molecular formula is C21H22N4O3S. The maximum Gasteiger partial charge on any atom is 0.291 e. The number of anilines is 2. The van der Waals surface area contributed by atoms with E-state index in [4.69, 9.17) is 4.42 Å². The zero-order valence-electron chi connectivity index (χ0n) is 16.6. The monoisotopic (exact) mass is 410 g/mol. The van der Waals surface area contributed by atoms with Gasteiger partial charge in [-0.3, -0.25) is 9.59 Å². The summed E-state index contributed by atoms with van der Waals surface area (Å²) in [6, 6.07) is 10.1. The molecule has 2 heterocycles. The highest BCUT2D eigenvalue weighted by Gasteiger charge is 2.19. The minimum Gasteiger partial charge on any atom is -0.459 e. The van der Waals surface area contributed by atoms with Crippen LogP contribution in [0.4, 0.5) is 11.4 Å². The number of carbonyl (C=O) groups excluding carboxylic acids is 2. The fourth-order valence-corrected chi connectivity index (χ4v) is 3.30. The lowest BCUT2D eigenvalue weighted by Gasteiger charge is -2.14. The molecule has 8 heteroatoms. The van der Waals surface area contributed by atoms with Crippen molar-refractivity contribution in [2.75, 3.05) is 16.9 Å². The summed E-state index contributed by atoms with van der Waals surface area (Å²) in [6.07, 6.45) is 3.33. The molecule has 0 saturated carbocycles. The fourth-order valence-electron chi connectivity index (χ4n) is 2.67. The molecule has 0 atom stereocenters. The van der Waals surface area contributed by atoms with Crippen molar-refractivity contribution >= 4 is 35.0 Å². The Morgan fingerprint density at radius 3 is 2.14 bits per heavy atom. The number of rotatable bonds is 6. The van der Waals surface area contributed by atoms with Crippen LogP contribution in [-0.4, -0.2) is 28.0 Å². The fraction of sp³-hybridized carbons (Fsp3) is 0.238. The SMILES string of the molecule is CSc1nc(C(C)C)nc(C)c1C(=O)Nc1ccc(NC(=O)c2ccco2)cc1. The zero-order chi connectivity index (χ0) is 21.0. The number of furan rings is 1. The smallest absolute Gasteiger partial charge is 0.291 e. The minimum atomic E-state index is -0.339. The van der Waals surface area contributed by atoms with Crippen molar-refractivity contribution in [2.45, 2.75) is 31.7 Å². The second kappa shape index (κ2) is 8.91. The summed E-state index contributed by atoms with van der Waals surface area (Å²) in [5.41, 5.74) is 2.31. The number of thioether (sulfide) groups is 1. The molecule has 3 rings (SSSR count). The molecular weight excluding hydrogens is 388 g/mol. The second-order valence-corrected chi connectivity index (χ2v) is 7.46. The Labute approximate surface area is 173 Å². The van der Waals surface area contributed by atoms with E-state index >= 15 is 0 Å². The zero-order valence-corrected chi connectivity index (χ0v) is 17.5. The van der Waals surface area contributed by atoms with Gasteiger partial charge in [-0.05, 0) is 49.6 Å². The molecule has 0 aliphatic rings. The Hall–Kier alpha value is -3.13. The molecule has 0 saturated heterocycles. The van der Waals surface area contributed by atoms with Crippen LogP contribution in [0.25, 0.3) is 0 Å². The minimum absolute atomic E-state index is 0.181. The lowest BCUT2D eigenvalue weighted by Crippen LogP contribution is -2.18. The second-order valence-electron chi connectivity index (χ2n) is 6.67. The predicted octanol–water partition coefficient (Wildman–Crippen LogP) is 4.73. The number of hydrogen-bond acceptors (Lipinski definition) is 6. The Morgan fingerprint density at radius 2 is 1.62 bits per heavy atom. The van der Waals surface area contributed by atoms with Gasteiger partial charge in [0.25, 0.3) is 11.8 Å². The standard InChI is InChI=1S/C21H22N4O3S/c1-12(2)18-22-13(3)17(21(25-18)29-4)20(27)24-15-9-7-14(8-10-15)23-19(26)16-6-5-11-28-16/h5-12H,1-4H3,(H,23,26)(H,24,27). The Balaban J connectivity index is 1.73. The normalized spacial score (nSPS) is 10.8. The molecule has 2 amide bonds. The summed E-state index contributed by atoms with van der Waals surface area (Å²) in [7, 11) is 0. The molecule has 0 unspecified atom stereocenters. The summed E-state index contributed by atoms with van der Waals surface area (Å²) >= 11 is 1.42. The third kappa shape index (κ3) is 4.83. The summed E-state index contributed by atoms with van der Waals surface area (Å²) in [5.74, 6) is 0.525. The van der Waals surface area contributed by atoms with Crippen molar-refractivity contribution in [1.82, 2.24) is 9.97 Å². The molecule has 2 N–H and O–H groups in total. The van der Waals surface area contributed by atoms with E-state index in [2.05, 4.69) is 20.6 Å². The molecule has 0 bridgehead atoms. The average molecular weight is 410 g/mol. The van der Waals surface area contributed by atoms with E-state index in [1.807, 2.05) is 27.0 Å². The molecule has 0 spiro atoms. The summed E-state index contributed by atoms with van der Waals surface area (Å²) < 4.78 is 5.07. The summed E-state index contributed by atoms with van der Waals surface area (Å²) in [5, 5.41) is 6.25. The van der Waals surface area contributed by atoms with Gasteiger partial charge in [0.1, 0.15) is 10.9 Å². The molecule has 0 fully saturated rings. The van der Waals surface area contributed by atoms with Gasteiger partial charge in [-0.1, -0.05) is 13.8 Å². The van der Waals surface area contributed by atoms with Crippen LogP contribution in [0.2, 0.25) is 0 Å². The van der Waals surface area contributed by atoms with Crippen molar-refractivity contribution in [3.8, 4) is 0 Å². The van der Waals surface area contributed by atoms with E-state index < -0.39 is 0 Å². The lowest BCUT2D eigenvalue weighted by molar-refractivity contribution is 0.0994.